The average molecular weight is 153 g/mol. The summed E-state index contributed by atoms with van der Waals surface area (Å²) in [5, 5.41) is 0. The van der Waals surface area contributed by atoms with Gasteiger partial charge in [0, 0.05) is 14.2 Å². The van der Waals surface area contributed by atoms with Crippen LogP contribution in [0.4, 0.5) is 0 Å². The maximum atomic E-state index is 10.9. The lowest BCUT2D eigenvalue weighted by Crippen LogP contribution is -1.90. The molecule has 0 rings (SSSR count). The van der Waals surface area contributed by atoms with Gasteiger partial charge >= 0.3 is 7.82 Å². The summed E-state index contributed by atoms with van der Waals surface area (Å²) in [6, 6.07) is 0. The van der Waals surface area contributed by atoms with E-state index < -0.39 is 7.82 Å². The lowest BCUT2D eigenvalue weighted by Gasteiger charge is -2.10. The molecule has 0 fully saturated rings. The first-order chi connectivity index (χ1) is 4.18. The molecule has 0 aliphatic carbocycles. The molecular weight excluding hydrogens is 143 g/mol. The Kier molecular flexibility index (Phi) is 4.06. The molecule has 4 nitrogen and oxygen atoms in total. The molecule has 0 atom stereocenters. The number of hydrogen-bond donors (Lipinski definition) is 0. The van der Waals surface area contributed by atoms with Gasteiger partial charge in [-0.05, 0) is 6.92 Å². The van der Waals surface area contributed by atoms with Crippen LogP contribution in [-0.2, 0) is 18.1 Å². The fraction of sp³-hybridized carbons (Fsp3) is 0.750. The third-order valence-corrected chi connectivity index (χ3v) is 2.05. The van der Waals surface area contributed by atoms with E-state index in [4.69, 9.17) is 0 Å². The lowest BCUT2D eigenvalue weighted by molar-refractivity contribution is 0.180. The molecule has 5 heteroatoms. The number of phosphoric acid groups is 1. The Labute approximate surface area is 54.7 Å². The molecule has 0 N–H and O–H groups in total. The summed E-state index contributed by atoms with van der Waals surface area (Å²) in [4.78, 5) is 0. The molecule has 0 aromatic rings. The van der Waals surface area contributed by atoms with E-state index in [9.17, 15) is 4.57 Å². The Balaban J connectivity index is 3.78. The van der Waals surface area contributed by atoms with Gasteiger partial charge in [-0.1, -0.05) is 0 Å². The summed E-state index contributed by atoms with van der Waals surface area (Å²) >= 11 is 0. The van der Waals surface area contributed by atoms with Gasteiger partial charge < -0.3 is 0 Å². The molecule has 55 valence electrons. The summed E-state index contributed by atoms with van der Waals surface area (Å²) in [5.74, 6) is 0. The van der Waals surface area contributed by atoms with Crippen LogP contribution in [-0.4, -0.2) is 14.2 Å². The zero-order chi connectivity index (χ0) is 7.33. The third kappa shape index (κ3) is 2.96. The minimum atomic E-state index is -3.24. The van der Waals surface area contributed by atoms with Crippen molar-refractivity contribution in [1.29, 1.82) is 0 Å². The third-order valence-electron chi connectivity index (χ3n) is 0.682. The second-order valence-electron chi connectivity index (χ2n) is 1.15. The fourth-order valence-corrected chi connectivity index (χ4v) is 0.869. The van der Waals surface area contributed by atoms with Crippen molar-refractivity contribution in [1.82, 2.24) is 0 Å². The molecular formula is C4H10O4P. The first kappa shape index (κ1) is 9.11. The first-order valence-electron chi connectivity index (χ1n) is 2.36. The van der Waals surface area contributed by atoms with E-state index in [1.165, 1.54) is 20.8 Å². The standard InChI is InChI=1S/C4H10O4P/c1-4-8-9(5,6-2)7-3/h4H,1-3H3. The van der Waals surface area contributed by atoms with Gasteiger partial charge in [-0.25, -0.2) is 4.57 Å². The highest BCUT2D eigenvalue weighted by molar-refractivity contribution is 7.48. The largest absolute Gasteiger partial charge is 0.474 e. The monoisotopic (exact) mass is 153 g/mol. The van der Waals surface area contributed by atoms with Crippen molar-refractivity contribution >= 4 is 7.82 Å². The van der Waals surface area contributed by atoms with Crippen LogP contribution in [0.2, 0.25) is 0 Å². The van der Waals surface area contributed by atoms with Gasteiger partial charge in [0.15, 0.2) is 0 Å². The maximum absolute atomic E-state index is 10.9. The molecule has 0 spiro atoms. The van der Waals surface area contributed by atoms with Gasteiger partial charge in [0.1, 0.15) is 0 Å². The smallest absolute Gasteiger partial charge is 0.290 e. The highest BCUT2D eigenvalue weighted by atomic mass is 31.2. The number of rotatable bonds is 4. The van der Waals surface area contributed by atoms with E-state index in [-0.39, 0.29) is 0 Å². The predicted molar refractivity (Wildman–Crippen MR) is 32.7 cm³/mol. The normalized spacial score (nSPS) is 11.9. The Morgan fingerprint density at radius 1 is 1.33 bits per heavy atom. The Morgan fingerprint density at radius 2 is 1.78 bits per heavy atom. The van der Waals surface area contributed by atoms with Crippen molar-refractivity contribution in [2.24, 2.45) is 0 Å². The minimum Gasteiger partial charge on any atom is -0.290 e. The molecule has 0 amide bonds. The summed E-state index contributed by atoms with van der Waals surface area (Å²) in [5.41, 5.74) is 0. The molecule has 9 heavy (non-hydrogen) atoms. The van der Waals surface area contributed by atoms with Crippen LogP contribution in [0, 0.1) is 6.61 Å². The van der Waals surface area contributed by atoms with Crippen molar-refractivity contribution in [3.8, 4) is 0 Å². The van der Waals surface area contributed by atoms with E-state index in [0.29, 0.717) is 0 Å². The van der Waals surface area contributed by atoms with Gasteiger partial charge in [0.25, 0.3) is 0 Å². The molecule has 0 saturated heterocycles. The van der Waals surface area contributed by atoms with Crippen LogP contribution in [0.1, 0.15) is 6.92 Å². The minimum absolute atomic E-state index is 1.26. The number of phosphoric ester groups is 1. The topological polar surface area (TPSA) is 44.8 Å². The van der Waals surface area contributed by atoms with Crippen LogP contribution >= 0.6 is 7.82 Å². The highest BCUT2D eigenvalue weighted by Gasteiger charge is 2.20. The van der Waals surface area contributed by atoms with Gasteiger partial charge in [0.05, 0.1) is 6.61 Å². The SMILES string of the molecule is C[CH]OP(=O)(OC)OC. The Hall–Kier alpha value is 0.110. The first-order valence-corrected chi connectivity index (χ1v) is 3.82. The highest BCUT2D eigenvalue weighted by Crippen LogP contribution is 2.47. The molecule has 0 saturated carbocycles. The van der Waals surface area contributed by atoms with E-state index in [1.54, 1.807) is 6.92 Å². The van der Waals surface area contributed by atoms with Crippen LogP contribution in [0.5, 0.6) is 0 Å². The van der Waals surface area contributed by atoms with Gasteiger partial charge in [0.2, 0.25) is 0 Å². The van der Waals surface area contributed by atoms with Crippen LogP contribution in [0.15, 0.2) is 0 Å². The van der Waals surface area contributed by atoms with Crippen LogP contribution in [0.25, 0.3) is 0 Å². The van der Waals surface area contributed by atoms with Gasteiger partial charge in [-0.15, -0.1) is 0 Å². The predicted octanol–water partition coefficient (Wildman–Crippen LogP) is 1.59. The Morgan fingerprint density at radius 3 is 1.89 bits per heavy atom. The Bertz CT molecular complexity index is 105. The summed E-state index contributed by atoms with van der Waals surface area (Å²) in [6.07, 6.45) is 0. The maximum Gasteiger partial charge on any atom is 0.474 e. The van der Waals surface area contributed by atoms with Crippen LogP contribution < -0.4 is 0 Å². The fourth-order valence-electron chi connectivity index (χ4n) is 0.290. The van der Waals surface area contributed by atoms with E-state index in [0.717, 1.165) is 0 Å². The number of hydrogen-bond acceptors (Lipinski definition) is 4. The van der Waals surface area contributed by atoms with Crippen LogP contribution in [0.3, 0.4) is 0 Å². The second-order valence-corrected chi connectivity index (χ2v) is 2.99. The lowest BCUT2D eigenvalue weighted by atomic mass is 10.9. The molecule has 0 aliphatic rings. The van der Waals surface area contributed by atoms with Gasteiger partial charge in [-0.3, -0.25) is 13.6 Å². The summed E-state index contributed by atoms with van der Waals surface area (Å²) in [7, 11) is -0.721. The molecule has 1 radical (unpaired) electrons. The zero-order valence-electron chi connectivity index (χ0n) is 5.66. The van der Waals surface area contributed by atoms with Crippen molar-refractivity contribution in [2.45, 2.75) is 6.92 Å². The van der Waals surface area contributed by atoms with Gasteiger partial charge in [-0.2, -0.15) is 0 Å². The van der Waals surface area contributed by atoms with E-state index >= 15 is 0 Å². The average Bonchev–Trinajstić information content (AvgIpc) is 1.89. The van der Waals surface area contributed by atoms with Crippen molar-refractivity contribution in [3.05, 3.63) is 6.61 Å². The second kappa shape index (κ2) is 4.01. The van der Waals surface area contributed by atoms with Crippen molar-refractivity contribution in [3.63, 3.8) is 0 Å². The van der Waals surface area contributed by atoms with Crippen molar-refractivity contribution < 1.29 is 18.1 Å². The molecule has 0 aliphatic heterocycles. The quantitative estimate of drug-likeness (QED) is 0.575. The summed E-state index contributed by atoms with van der Waals surface area (Å²) in [6.45, 7) is 2.85. The van der Waals surface area contributed by atoms with Crippen molar-refractivity contribution in [2.75, 3.05) is 14.2 Å². The molecule has 0 unspecified atom stereocenters. The molecule has 0 aromatic heterocycles. The molecule has 0 aromatic carbocycles. The van der Waals surface area contributed by atoms with E-state index in [2.05, 4.69) is 13.6 Å². The molecule has 0 bridgehead atoms. The summed E-state index contributed by atoms with van der Waals surface area (Å²) < 4.78 is 24.2. The van der Waals surface area contributed by atoms with E-state index in [1.807, 2.05) is 0 Å². The molecule has 0 heterocycles. The zero-order valence-corrected chi connectivity index (χ0v) is 6.55.